The maximum atomic E-state index is 12.3. The first-order chi connectivity index (χ1) is 9.47. The van der Waals surface area contributed by atoms with Gasteiger partial charge in [0.15, 0.2) is 0 Å². The summed E-state index contributed by atoms with van der Waals surface area (Å²) in [6, 6.07) is 7.00. The molecule has 0 saturated carbocycles. The summed E-state index contributed by atoms with van der Waals surface area (Å²) in [4.78, 5) is 2.35. The minimum Gasteiger partial charge on any atom is -0.384 e. The van der Waals surface area contributed by atoms with Crippen LogP contribution in [0.15, 0.2) is 29.2 Å². The zero-order chi connectivity index (χ0) is 15.0. The number of rotatable bonds is 9. The first-order valence-electron chi connectivity index (χ1n) is 6.94. The average Bonchev–Trinajstić information content (AvgIpc) is 2.41. The molecule has 0 unspecified atom stereocenters. The molecule has 0 aliphatic heterocycles. The number of sulfonamides is 1. The Hall–Kier alpha value is -1.11. The molecule has 0 aliphatic rings. The summed E-state index contributed by atoms with van der Waals surface area (Å²) in [7, 11) is 0.491. The lowest BCUT2D eigenvalue weighted by molar-refractivity contribution is 0.400. The van der Waals surface area contributed by atoms with E-state index >= 15 is 0 Å². The molecular formula is C14H25N3O2S. The van der Waals surface area contributed by atoms with Gasteiger partial charge in [0.25, 0.3) is 0 Å². The molecular weight excluding hydrogens is 274 g/mol. The molecule has 0 heterocycles. The van der Waals surface area contributed by atoms with Crippen molar-refractivity contribution in [2.24, 2.45) is 0 Å². The topological polar surface area (TPSA) is 61.4 Å². The van der Waals surface area contributed by atoms with E-state index < -0.39 is 10.0 Å². The number of benzene rings is 1. The van der Waals surface area contributed by atoms with E-state index in [0.717, 1.165) is 25.9 Å². The van der Waals surface area contributed by atoms with E-state index in [0.29, 0.717) is 17.1 Å². The molecule has 0 aromatic heterocycles. The molecule has 1 aromatic carbocycles. The van der Waals surface area contributed by atoms with Crippen LogP contribution in [0.25, 0.3) is 0 Å². The number of hydrogen-bond acceptors (Lipinski definition) is 4. The summed E-state index contributed by atoms with van der Waals surface area (Å²) in [5.74, 6) is 0. The summed E-state index contributed by atoms with van der Waals surface area (Å²) < 4.78 is 27.2. The Balaban J connectivity index is 2.71. The highest BCUT2D eigenvalue weighted by Gasteiger charge is 2.17. The summed E-state index contributed by atoms with van der Waals surface area (Å²) in [6.45, 7) is 4.11. The lowest BCUT2D eigenvalue weighted by Crippen LogP contribution is -2.28. The van der Waals surface area contributed by atoms with Gasteiger partial charge in [-0.3, -0.25) is 0 Å². The zero-order valence-corrected chi connectivity index (χ0v) is 13.3. The lowest BCUT2D eigenvalue weighted by Gasteiger charge is -2.13. The van der Waals surface area contributed by atoms with Crippen molar-refractivity contribution in [2.45, 2.75) is 24.7 Å². The van der Waals surface area contributed by atoms with Gasteiger partial charge in [-0.1, -0.05) is 19.1 Å². The van der Waals surface area contributed by atoms with Crippen LogP contribution in [0.2, 0.25) is 0 Å². The van der Waals surface area contributed by atoms with Crippen molar-refractivity contribution in [1.82, 2.24) is 9.62 Å². The Morgan fingerprint density at radius 2 is 1.85 bits per heavy atom. The molecule has 0 bridgehead atoms. The van der Waals surface area contributed by atoms with Gasteiger partial charge in [-0.15, -0.1) is 0 Å². The van der Waals surface area contributed by atoms with Gasteiger partial charge < -0.3 is 10.2 Å². The predicted molar refractivity (Wildman–Crippen MR) is 83.6 cm³/mol. The smallest absolute Gasteiger partial charge is 0.242 e. The van der Waals surface area contributed by atoms with Crippen molar-refractivity contribution in [3.05, 3.63) is 24.3 Å². The third kappa shape index (κ3) is 5.48. The molecule has 1 aromatic rings. The van der Waals surface area contributed by atoms with Gasteiger partial charge in [0, 0.05) is 13.1 Å². The van der Waals surface area contributed by atoms with Crippen LogP contribution < -0.4 is 10.0 Å². The SMILES string of the molecule is CCCNc1ccccc1S(=O)(=O)NCCCN(C)C. The molecule has 0 radical (unpaired) electrons. The van der Waals surface area contributed by atoms with Crippen LogP contribution in [0.5, 0.6) is 0 Å². The predicted octanol–water partition coefficient (Wildman–Crippen LogP) is 1.74. The third-order valence-corrected chi connectivity index (χ3v) is 4.34. The Labute approximate surface area is 122 Å². The minimum atomic E-state index is -3.45. The first kappa shape index (κ1) is 16.9. The fourth-order valence-corrected chi connectivity index (χ4v) is 3.04. The van der Waals surface area contributed by atoms with Crippen LogP contribution in [0, 0.1) is 0 Å². The maximum Gasteiger partial charge on any atom is 0.242 e. The number of nitrogens with one attached hydrogen (secondary N) is 2. The van der Waals surface area contributed by atoms with Crippen LogP contribution in [0.1, 0.15) is 19.8 Å². The van der Waals surface area contributed by atoms with Crippen molar-refractivity contribution >= 4 is 15.7 Å². The molecule has 6 heteroatoms. The van der Waals surface area contributed by atoms with Gasteiger partial charge in [-0.2, -0.15) is 0 Å². The molecule has 0 aliphatic carbocycles. The molecule has 5 nitrogen and oxygen atoms in total. The quantitative estimate of drug-likeness (QED) is 0.682. The van der Waals surface area contributed by atoms with Crippen molar-refractivity contribution in [1.29, 1.82) is 0 Å². The lowest BCUT2D eigenvalue weighted by atomic mass is 10.3. The van der Waals surface area contributed by atoms with Crippen LogP contribution >= 0.6 is 0 Å². The van der Waals surface area contributed by atoms with Gasteiger partial charge in [0.1, 0.15) is 4.90 Å². The van der Waals surface area contributed by atoms with E-state index in [4.69, 9.17) is 0 Å². The van der Waals surface area contributed by atoms with Crippen molar-refractivity contribution < 1.29 is 8.42 Å². The minimum absolute atomic E-state index is 0.318. The molecule has 0 fully saturated rings. The van der Waals surface area contributed by atoms with E-state index in [1.54, 1.807) is 18.2 Å². The Morgan fingerprint density at radius 3 is 2.50 bits per heavy atom. The van der Waals surface area contributed by atoms with Gasteiger partial charge in [0.2, 0.25) is 10.0 Å². The Bertz CT molecular complexity index is 501. The molecule has 0 spiro atoms. The average molecular weight is 299 g/mol. The van der Waals surface area contributed by atoms with Gasteiger partial charge in [0.05, 0.1) is 5.69 Å². The number of para-hydroxylation sites is 1. The molecule has 20 heavy (non-hydrogen) atoms. The van der Waals surface area contributed by atoms with Crippen LogP contribution in [-0.2, 0) is 10.0 Å². The van der Waals surface area contributed by atoms with Crippen molar-refractivity contribution in [2.75, 3.05) is 39.0 Å². The second-order valence-corrected chi connectivity index (χ2v) is 6.71. The molecule has 0 amide bonds. The standard InChI is InChI=1S/C14H25N3O2S/c1-4-10-15-13-8-5-6-9-14(13)20(18,19)16-11-7-12-17(2)3/h5-6,8-9,15-16H,4,7,10-12H2,1-3H3. The van der Waals surface area contributed by atoms with Crippen LogP contribution in [-0.4, -0.2) is 47.0 Å². The fourth-order valence-electron chi connectivity index (χ4n) is 1.79. The van der Waals surface area contributed by atoms with Crippen molar-refractivity contribution in [3.63, 3.8) is 0 Å². The second kappa shape index (κ2) is 8.24. The van der Waals surface area contributed by atoms with Crippen molar-refractivity contribution in [3.8, 4) is 0 Å². The Morgan fingerprint density at radius 1 is 1.15 bits per heavy atom. The summed E-state index contributed by atoms with van der Waals surface area (Å²) in [6.07, 6.45) is 1.74. The highest BCUT2D eigenvalue weighted by molar-refractivity contribution is 7.89. The first-order valence-corrected chi connectivity index (χ1v) is 8.43. The normalized spacial score (nSPS) is 11.8. The Kier molecular flexibility index (Phi) is 6.98. The summed E-state index contributed by atoms with van der Waals surface area (Å²) in [5.41, 5.74) is 0.662. The molecule has 0 atom stereocenters. The van der Waals surface area contributed by atoms with E-state index in [2.05, 4.69) is 10.0 Å². The molecule has 2 N–H and O–H groups in total. The molecule has 1 rings (SSSR count). The molecule has 114 valence electrons. The summed E-state index contributed by atoms with van der Waals surface area (Å²) in [5, 5.41) is 3.15. The largest absolute Gasteiger partial charge is 0.384 e. The number of nitrogens with zero attached hydrogens (tertiary/aromatic N) is 1. The van der Waals surface area contributed by atoms with E-state index in [1.807, 2.05) is 32.0 Å². The monoisotopic (exact) mass is 299 g/mol. The van der Waals surface area contributed by atoms with E-state index in [-0.39, 0.29) is 0 Å². The van der Waals surface area contributed by atoms with E-state index in [9.17, 15) is 8.42 Å². The fraction of sp³-hybridized carbons (Fsp3) is 0.571. The van der Waals surface area contributed by atoms with E-state index in [1.165, 1.54) is 0 Å². The van der Waals surface area contributed by atoms with Crippen LogP contribution in [0.3, 0.4) is 0 Å². The number of anilines is 1. The highest BCUT2D eigenvalue weighted by atomic mass is 32.2. The van der Waals surface area contributed by atoms with Gasteiger partial charge >= 0.3 is 0 Å². The van der Waals surface area contributed by atoms with Crippen LogP contribution in [0.4, 0.5) is 5.69 Å². The van der Waals surface area contributed by atoms with Gasteiger partial charge in [-0.05, 0) is 45.6 Å². The van der Waals surface area contributed by atoms with Gasteiger partial charge in [-0.25, -0.2) is 13.1 Å². The summed E-state index contributed by atoms with van der Waals surface area (Å²) >= 11 is 0. The zero-order valence-electron chi connectivity index (χ0n) is 12.5. The third-order valence-electron chi connectivity index (χ3n) is 2.82. The highest BCUT2D eigenvalue weighted by Crippen LogP contribution is 2.20. The molecule has 0 saturated heterocycles. The number of hydrogen-bond donors (Lipinski definition) is 2. The second-order valence-electron chi connectivity index (χ2n) is 4.98. The maximum absolute atomic E-state index is 12.3.